The molecule has 7 heteroatoms. The van der Waals surface area contributed by atoms with Crippen LogP contribution in [0.1, 0.15) is 10.4 Å². The third-order valence-electron chi connectivity index (χ3n) is 1.47. The molecule has 3 nitrogen and oxygen atoms in total. The number of carboxylic acids is 1. The highest BCUT2D eigenvalue weighted by atomic mass is 79.9. The van der Waals surface area contributed by atoms with Gasteiger partial charge in [-0.2, -0.15) is 8.78 Å². The van der Waals surface area contributed by atoms with Gasteiger partial charge in [-0.25, -0.2) is 9.18 Å². The number of benzene rings is 1. The zero-order chi connectivity index (χ0) is 11.6. The monoisotopic (exact) mass is 284 g/mol. The van der Waals surface area contributed by atoms with Crippen LogP contribution in [-0.2, 0) is 0 Å². The molecule has 1 aromatic carbocycles. The molecular formula is C8H4BrF3O3. The molecule has 0 unspecified atom stereocenters. The van der Waals surface area contributed by atoms with E-state index in [1.807, 2.05) is 0 Å². The van der Waals surface area contributed by atoms with Gasteiger partial charge in [0.05, 0.1) is 4.47 Å². The molecule has 0 aliphatic heterocycles. The van der Waals surface area contributed by atoms with Gasteiger partial charge in [0.2, 0.25) is 0 Å². The second-order valence-electron chi connectivity index (χ2n) is 2.45. The van der Waals surface area contributed by atoms with Gasteiger partial charge < -0.3 is 9.84 Å². The molecule has 0 radical (unpaired) electrons. The lowest BCUT2D eigenvalue weighted by molar-refractivity contribution is -0.0504. The SMILES string of the molecule is O=C(O)c1cc(F)c(Br)cc1OC(F)F. The Morgan fingerprint density at radius 3 is 2.53 bits per heavy atom. The van der Waals surface area contributed by atoms with Crippen LogP contribution in [0.5, 0.6) is 5.75 Å². The standard InChI is InChI=1S/C8H4BrF3O3/c9-4-2-6(15-8(11)12)3(7(13)14)1-5(4)10/h1-2,8H,(H,13,14). The van der Waals surface area contributed by atoms with Crippen molar-refractivity contribution in [3.63, 3.8) is 0 Å². The zero-order valence-corrected chi connectivity index (χ0v) is 8.59. The average Bonchev–Trinajstić information content (AvgIpc) is 2.09. The Hall–Kier alpha value is -1.24. The summed E-state index contributed by atoms with van der Waals surface area (Å²) >= 11 is 2.73. The number of aromatic carboxylic acids is 1. The Labute approximate surface area is 90.6 Å². The van der Waals surface area contributed by atoms with Crippen molar-refractivity contribution >= 4 is 21.9 Å². The van der Waals surface area contributed by atoms with Crippen LogP contribution in [0.3, 0.4) is 0 Å². The Kier molecular flexibility index (Phi) is 3.57. The third-order valence-corrected chi connectivity index (χ3v) is 2.08. The molecule has 15 heavy (non-hydrogen) atoms. The van der Waals surface area contributed by atoms with E-state index in [1.54, 1.807) is 0 Å². The summed E-state index contributed by atoms with van der Waals surface area (Å²) in [5.41, 5.74) is -0.656. The number of alkyl halides is 2. The molecule has 0 saturated carbocycles. The minimum Gasteiger partial charge on any atom is -0.478 e. The maximum absolute atomic E-state index is 12.9. The molecule has 0 atom stereocenters. The number of hydrogen-bond donors (Lipinski definition) is 1. The largest absolute Gasteiger partial charge is 0.478 e. The summed E-state index contributed by atoms with van der Waals surface area (Å²) < 4.78 is 40.4. The minimum absolute atomic E-state index is 0.150. The van der Waals surface area contributed by atoms with Gasteiger partial charge in [0.1, 0.15) is 17.1 Å². The summed E-state index contributed by atoms with van der Waals surface area (Å²) in [6, 6.07) is 1.44. The van der Waals surface area contributed by atoms with Gasteiger partial charge in [0, 0.05) is 0 Å². The number of carbonyl (C=O) groups is 1. The maximum atomic E-state index is 12.9. The van der Waals surface area contributed by atoms with E-state index in [-0.39, 0.29) is 4.47 Å². The van der Waals surface area contributed by atoms with Crippen molar-refractivity contribution < 1.29 is 27.8 Å². The topological polar surface area (TPSA) is 46.5 Å². The maximum Gasteiger partial charge on any atom is 0.387 e. The Balaban J connectivity index is 3.22. The molecule has 1 N–H and O–H groups in total. The lowest BCUT2D eigenvalue weighted by Crippen LogP contribution is -2.08. The third kappa shape index (κ3) is 2.85. The van der Waals surface area contributed by atoms with Crippen LogP contribution in [0, 0.1) is 5.82 Å². The van der Waals surface area contributed by atoms with Gasteiger partial charge in [-0.05, 0) is 28.1 Å². The normalized spacial score (nSPS) is 10.5. The Morgan fingerprint density at radius 2 is 2.07 bits per heavy atom. The van der Waals surface area contributed by atoms with Crippen molar-refractivity contribution in [2.45, 2.75) is 6.61 Å². The average molecular weight is 285 g/mol. The first kappa shape index (κ1) is 11.8. The van der Waals surface area contributed by atoms with Gasteiger partial charge in [-0.15, -0.1) is 0 Å². The molecule has 1 aromatic rings. The van der Waals surface area contributed by atoms with Crippen molar-refractivity contribution in [1.82, 2.24) is 0 Å². The fourth-order valence-corrected chi connectivity index (χ4v) is 1.21. The van der Waals surface area contributed by atoms with Crippen LogP contribution in [0.15, 0.2) is 16.6 Å². The summed E-state index contributed by atoms with van der Waals surface area (Å²) in [6.07, 6.45) is 0. The second-order valence-corrected chi connectivity index (χ2v) is 3.30. The van der Waals surface area contributed by atoms with E-state index in [0.29, 0.717) is 6.07 Å². The van der Waals surface area contributed by atoms with E-state index < -0.39 is 29.7 Å². The van der Waals surface area contributed by atoms with E-state index >= 15 is 0 Å². The summed E-state index contributed by atoms with van der Waals surface area (Å²) in [6.45, 7) is -3.17. The number of halogens is 4. The van der Waals surface area contributed by atoms with Crippen molar-refractivity contribution in [3.8, 4) is 5.75 Å². The second kappa shape index (κ2) is 4.52. The van der Waals surface area contributed by atoms with Gasteiger partial charge in [0.25, 0.3) is 0 Å². The molecule has 0 heterocycles. The molecule has 0 bridgehead atoms. The van der Waals surface area contributed by atoms with Gasteiger partial charge in [-0.3, -0.25) is 0 Å². The molecule has 82 valence electrons. The van der Waals surface area contributed by atoms with E-state index in [2.05, 4.69) is 20.7 Å². The predicted molar refractivity (Wildman–Crippen MR) is 47.7 cm³/mol. The highest BCUT2D eigenvalue weighted by Gasteiger charge is 2.18. The summed E-state index contributed by atoms with van der Waals surface area (Å²) in [5, 5.41) is 8.59. The van der Waals surface area contributed by atoms with Gasteiger partial charge in [0.15, 0.2) is 0 Å². The van der Waals surface area contributed by atoms with Crippen LogP contribution in [0.4, 0.5) is 13.2 Å². The van der Waals surface area contributed by atoms with E-state index in [1.165, 1.54) is 0 Å². The van der Waals surface area contributed by atoms with Crippen LogP contribution in [-0.4, -0.2) is 17.7 Å². The van der Waals surface area contributed by atoms with Crippen LogP contribution in [0.25, 0.3) is 0 Å². The zero-order valence-electron chi connectivity index (χ0n) is 7.01. The first-order valence-corrected chi connectivity index (χ1v) is 4.38. The quantitative estimate of drug-likeness (QED) is 0.928. The van der Waals surface area contributed by atoms with Crippen molar-refractivity contribution in [3.05, 3.63) is 28.0 Å². The number of hydrogen-bond acceptors (Lipinski definition) is 2. The van der Waals surface area contributed by atoms with Crippen molar-refractivity contribution in [2.24, 2.45) is 0 Å². The number of carboxylic acid groups (broad SMARTS) is 1. The highest BCUT2D eigenvalue weighted by Crippen LogP contribution is 2.27. The lowest BCUT2D eigenvalue weighted by Gasteiger charge is -2.08. The smallest absolute Gasteiger partial charge is 0.387 e. The van der Waals surface area contributed by atoms with Crippen LogP contribution in [0.2, 0.25) is 0 Å². The van der Waals surface area contributed by atoms with Gasteiger partial charge in [-0.1, -0.05) is 0 Å². The van der Waals surface area contributed by atoms with E-state index in [4.69, 9.17) is 5.11 Å². The molecule has 1 rings (SSSR count). The molecule has 0 amide bonds. The van der Waals surface area contributed by atoms with Crippen molar-refractivity contribution in [1.29, 1.82) is 0 Å². The van der Waals surface area contributed by atoms with Crippen LogP contribution < -0.4 is 4.74 Å². The van der Waals surface area contributed by atoms with Gasteiger partial charge >= 0.3 is 12.6 Å². The first-order chi connectivity index (χ1) is 6.91. The highest BCUT2D eigenvalue weighted by molar-refractivity contribution is 9.10. The minimum atomic E-state index is -3.17. The molecule has 0 saturated heterocycles. The molecule has 0 fully saturated rings. The summed E-state index contributed by atoms with van der Waals surface area (Å²) in [7, 11) is 0. The fourth-order valence-electron chi connectivity index (χ4n) is 0.889. The molecule has 0 aromatic heterocycles. The van der Waals surface area contributed by atoms with E-state index in [0.717, 1.165) is 6.07 Å². The lowest BCUT2D eigenvalue weighted by atomic mass is 10.2. The van der Waals surface area contributed by atoms with Crippen molar-refractivity contribution in [2.75, 3.05) is 0 Å². The predicted octanol–water partition coefficient (Wildman–Crippen LogP) is 2.89. The van der Waals surface area contributed by atoms with E-state index in [9.17, 15) is 18.0 Å². The Bertz CT molecular complexity index is 395. The Morgan fingerprint density at radius 1 is 1.47 bits per heavy atom. The fraction of sp³-hybridized carbons (Fsp3) is 0.125. The molecular weight excluding hydrogens is 281 g/mol. The first-order valence-electron chi connectivity index (χ1n) is 3.59. The molecule has 0 spiro atoms. The molecule has 0 aliphatic rings. The van der Waals surface area contributed by atoms with Crippen LogP contribution >= 0.6 is 15.9 Å². The summed E-state index contributed by atoms with van der Waals surface area (Å²) in [5.74, 6) is -3.00. The number of rotatable bonds is 3. The molecule has 0 aliphatic carbocycles. The summed E-state index contributed by atoms with van der Waals surface area (Å²) in [4.78, 5) is 10.6. The number of ether oxygens (including phenoxy) is 1.